The standard InChI is InChI=1S/C20H26N2O5S/c1-15-5-8-17(9-6-15)22(14-20(23)21-11-12-26-3)28(24,25)19-13-16(2)7-10-18(19)27-4/h5-10,13H,11-12,14H2,1-4H3,(H,21,23). The molecule has 28 heavy (non-hydrogen) atoms. The number of rotatable bonds is 9. The predicted octanol–water partition coefficient (Wildman–Crippen LogP) is 2.27. The van der Waals surface area contributed by atoms with Gasteiger partial charge in [0.1, 0.15) is 17.2 Å². The molecule has 0 aromatic heterocycles. The van der Waals surface area contributed by atoms with E-state index in [1.54, 1.807) is 43.3 Å². The number of aryl methyl sites for hydroxylation is 2. The van der Waals surface area contributed by atoms with Crippen LogP contribution in [0.4, 0.5) is 5.69 Å². The zero-order valence-electron chi connectivity index (χ0n) is 16.6. The highest BCUT2D eigenvalue weighted by atomic mass is 32.2. The monoisotopic (exact) mass is 406 g/mol. The Hall–Kier alpha value is -2.58. The normalized spacial score (nSPS) is 11.1. The average molecular weight is 407 g/mol. The van der Waals surface area contributed by atoms with Gasteiger partial charge in [-0.25, -0.2) is 8.42 Å². The van der Waals surface area contributed by atoms with Crippen molar-refractivity contribution < 1.29 is 22.7 Å². The summed E-state index contributed by atoms with van der Waals surface area (Å²) in [5, 5.41) is 2.66. The van der Waals surface area contributed by atoms with Gasteiger partial charge in [0, 0.05) is 13.7 Å². The van der Waals surface area contributed by atoms with Crippen LogP contribution in [-0.4, -0.2) is 48.2 Å². The van der Waals surface area contributed by atoms with Crippen molar-refractivity contribution in [2.24, 2.45) is 0 Å². The van der Waals surface area contributed by atoms with E-state index >= 15 is 0 Å². The van der Waals surface area contributed by atoms with E-state index in [1.807, 2.05) is 6.92 Å². The van der Waals surface area contributed by atoms with Crippen LogP contribution in [0.3, 0.4) is 0 Å². The number of hydrogen-bond donors (Lipinski definition) is 1. The molecule has 2 aromatic rings. The van der Waals surface area contributed by atoms with Crippen LogP contribution < -0.4 is 14.4 Å². The minimum Gasteiger partial charge on any atom is -0.495 e. The minimum absolute atomic E-state index is 0.0141. The summed E-state index contributed by atoms with van der Waals surface area (Å²) in [6, 6.07) is 11.9. The molecule has 0 atom stereocenters. The second kappa shape index (κ2) is 9.57. The first-order valence-corrected chi connectivity index (χ1v) is 10.2. The molecular formula is C20H26N2O5S. The lowest BCUT2D eigenvalue weighted by Crippen LogP contribution is -2.41. The second-order valence-corrected chi connectivity index (χ2v) is 8.18. The Balaban J connectivity index is 2.46. The molecule has 0 aliphatic carbocycles. The Morgan fingerprint density at radius 2 is 1.68 bits per heavy atom. The third kappa shape index (κ3) is 5.24. The number of amides is 1. The number of nitrogens with zero attached hydrogens (tertiary/aromatic N) is 1. The molecule has 1 amide bonds. The molecule has 0 heterocycles. The van der Waals surface area contributed by atoms with Crippen LogP contribution in [0.2, 0.25) is 0 Å². The molecule has 0 saturated heterocycles. The third-order valence-corrected chi connectivity index (χ3v) is 5.92. The molecule has 0 bridgehead atoms. The molecule has 0 fully saturated rings. The topological polar surface area (TPSA) is 84.9 Å². The number of sulfonamides is 1. The molecule has 0 saturated carbocycles. The number of benzene rings is 2. The summed E-state index contributed by atoms with van der Waals surface area (Å²) in [5.74, 6) is -0.199. The van der Waals surface area contributed by atoms with Gasteiger partial charge in [0.25, 0.3) is 10.0 Å². The number of carbonyl (C=O) groups is 1. The lowest BCUT2D eigenvalue weighted by molar-refractivity contribution is -0.119. The zero-order valence-corrected chi connectivity index (χ0v) is 17.4. The van der Waals surface area contributed by atoms with Crippen LogP contribution >= 0.6 is 0 Å². The molecule has 0 spiro atoms. The fourth-order valence-corrected chi connectivity index (χ4v) is 4.27. The maximum absolute atomic E-state index is 13.5. The quantitative estimate of drug-likeness (QED) is 0.646. The van der Waals surface area contributed by atoms with Crippen molar-refractivity contribution in [1.82, 2.24) is 5.32 Å². The summed E-state index contributed by atoms with van der Waals surface area (Å²) < 4.78 is 38.2. The van der Waals surface area contributed by atoms with Crippen molar-refractivity contribution in [3.8, 4) is 5.75 Å². The van der Waals surface area contributed by atoms with Crippen LogP contribution in [0.5, 0.6) is 5.75 Å². The smallest absolute Gasteiger partial charge is 0.268 e. The van der Waals surface area contributed by atoms with E-state index in [9.17, 15) is 13.2 Å². The molecule has 0 aliphatic heterocycles. The fraction of sp³-hybridized carbons (Fsp3) is 0.350. The SMILES string of the molecule is COCCNC(=O)CN(c1ccc(C)cc1)S(=O)(=O)c1cc(C)ccc1OC. The molecule has 2 aromatic carbocycles. The van der Waals surface area contributed by atoms with Crippen molar-refractivity contribution >= 4 is 21.6 Å². The van der Waals surface area contributed by atoms with Gasteiger partial charge in [-0.1, -0.05) is 23.8 Å². The van der Waals surface area contributed by atoms with Crippen molar-refractivity contribution in [1.29, 1.82) is 0 Å². The predicted molar refractivity (Wildman–Crippen MR) is 108 cm³/mol. The fourth-order valence-electron chi connectivity index (χ4n) is 2.61. The summed E-state index contributed by atoms with van der Waals surface area (Å²) in [7, 11) is -1.10. The van der Waals surface area contributed by atoms with Crippen molar-refractivity contribution in [2.75, 3.05) is 38.2 Å². The Bertz CT molecular complexity index is 911. The van der Waals surface area contributed by atoms with E-state index in [4.69, 9.17) is 9.47 Å². The molecule has 152 valence electrons. The number of hydrogen-bond acceptors (Lipinski definition) is 5. The van der Waals surface area contributed by atoms with Gasteiger partial charge in [-0.05, 0) is 43.7 Å². The van der Waals surface area contributed by atoms with Gasteiger partial charge >= 0.3 is 0 Å². The summed E-state index contributed by atoms with van der Waals surface area (Å²) >= 11 is 0. The van der Waals surface area contributed by atoms with Crippen LogP contribution in [0.15, 0.2) is 47.4 Å². The first kappa shape index (κ1) is 21.7. The molecule has 7 nitrogen and oxygen atoms in total. The minimum atomic E-state index is -4.04. The summed E-state index contributed by atoms with van der Waals surface area (Å²) in [6.45, 7) is 3.99. The van der Waals surface area contributed by atoms with Gasteiger partial charge in [0.05, 0.1) is 19.4 Å². The van der Waals surface area contributed by atoms with E-state index in [0.717, 1.165) is 15.4 Å². The maximum atomic E-state index is 13.5. The Kier molecular flexibility index (Phi) is 7.42. The summed E-state index contributed by atoms with van der Waals surface area (Å²) in [6.07, 6.45) is 0. The lowest BCUT2D eigenvalue weighted by atomic mass is 10.2. The first-order chi connectivity index (χ1) is 13.3. The van der Waals surface area contributed by atoms with Crippen molar-refractivity contribution in [3.05, 3.63) is 53.6 Å². The van der Waals surface area contributed by atoms with Gasteiger partial charge < -0.3 is 14.8 Å². The van der Waals surface area contributed by atoms with Gasteiger partial charge in [-0.15, -0.1) is 0 Å². The molecule has 0 unspecified atom stereocenters. The van der Waals surface area contributed by atoms with E-state index < -0.39 is 15.9 Å². The van der Waals surface area contributed by atoms with E-state index in [1.165, 1.54) is 20.3 Å². The first-order valence-electron chi connectivity index (χ1n) is 8.79. The highest BCUT2D eigenvalue weighted by Gasteiger charge is 2.30. The largest absolute Gasteiger partial charge is 0.495 e. The number of methoxy groups -OCH3 is 2. The van der Waals surface area contributed by atoms with Gasteiger partial charge in [0.15, 0.2) is 0 Å². The van der Waals surface area contributed by atoms with E-state index in [2.05, 4.69) is 5.32 Å². The number of nitrogens with one attached hydrogen (secondary N) is 1. The third-order valence-electron chi connectivity index (χ3n) is 4.12. The van der Waals surface area contributed by atoms with Gasteiger partial charge in [0.2, 0.25) is 5.91 Å². The van der Waals surface area contributed by atoms with Crippen molar-refractivity contribution in [2.45, 2.75) is 18.7 Å². The Morgan fingerprint density at radius 1 is 1.04 bits per heavy atom. The Labute approximate surface area is 166 Å². The van der Waals surface area contributed by atoms with Crippen molar-refractivity contribution in [3.63, 3.8) is 0 Å². The average Bonchev–Trinajstić information content (AvgIpc) is 2.67. The molecule has 0 aliphatic rings. The van der Waals surface area contributed by atoms with Gasteiger partial charge in [-0.3, -0.25) is 9.10 Å². The molecule has 8 heteroatoms. The van der Waals surface area contributed by atoms with E-state index in [-0.39, 0.29) is 17.2 Å². The lowest BCUT2D eigenvalue weighted by Gasteiger charge is -2.25. The highest BCUT2D eigenvalue weighted by molar-refractivity contribution is 7.93. The second-order valence-electron chi connectivity index (χ2n) is 6.34. The van der Waals surface area contributed by atoms with Crippen LogP contribution in [0.25, 0.3) is 0 Å². The molecule has 2 rings (SSSR count). The Morgan fingerprint density at radius 3 is 2.29 bits per heavy atom. The molecule has 0 radical (unpaired) electrons. The number of anilines is 1. The molecular weight excluding hydrogens is 380 g/mol. The molecule has 1 N–H and O–H groups in total. The van der Waals surface area contributed by atoms with Crippen LogP contribution in [-0.2, 0) is 19.6 Å². The summed E-state index contributed by atoms with van der Waals surface area (Å²) in [5.41, 5.74) is 2.16. The summed E-state index contributed by atoms with van der Waals surface area (Å²) in [4.78, 5) is 12.4. The number of carbonyl (C=O) groups excluding carboxylic acids is 1. The highest BCUT2D eigenvalue weighted by Crippen LogP contribution is 2.30. The maximum Gasteiger partial charge on any atom is 0.268 e. The van der Waals surface area contributed by atoms with Gasteiger partial charge in [-0.2, -0.15) is 0 Å². The van der Waals surface area contributed by atoms with Crippen LogP contribution in [0, 0.1) is 13.8 Å². The van der Waals surface area contributed by atoms with E-state index in [0.29, 0.717) is 18.8 Å². The number of ether oxygens (including phenoxy) is 2. The van der Waals surface area contributed by atoms with Crippen LogP contribution in [0.1, 0.15) is 11.1 Å². The zero-order chi connectivity index (χ0) is 20.7.